The molecule has 2 unspecified atom stereocenters. The molecule has 94 valence electrons. The van der Waals surface area contributed by atoms with Crippen molar-refractivity contribution in [2.24, 2.45) is 5.92 Å². The van der Waals surface area contributed by atoms with E-state index in [4.69, 9.17) is 10.2 Å². The van der Waals surface area contributed by atoms with Gasteiger partial charge in [-0.05, 0) is 20.3 Å². The molecule has 0 spiro atoms. The Hall–Kier alpha value is -1.10. The van der Waals surface area contributed by atoms with Crippen molar-refractivity contribution in [2.75, 3.05) is 6.54 Å². The molecule has 0 aliphatic carbocycles. The molecule has 0 aliphatic rings. The highest BCUT2D eigenvalue weighted by atomic mass is 16.4. The summed E-state index contributed by atoms with van der Waals surface area (Å²) in [5.74, 6) is -2.35. The van der Waals surface area contributed by atoms with Gasteiger partial charge in [0.2, 0.25) is 0 Å². The molecule has 0 aromatic heterocycles. The van der Waals surface area contributed by atoms with E-state index in [2.05, 4.69) is 0 Å². The van der Waals surface area contributed by atoms with Crippen molar-refractivity contribution in [3.05, 3.63) is 0 Å². The summed E-state index contributed by atoms with van der Waals surface area (Å²) in [6.07, 6.45) is 0.472. The molecule has 0 aromatic carbocycles. The lowest BCUT2D eigenvalue weighted by Gasteiger charge is -2.32. The number of carboxylic acid groups (broad SMARTS) is 2. The molecular formula is C11H21NO4. The first-order valence-electron chi connectivity index (χ1n) is 5.52. The van der Waals surface area contributed by atoms with E-state index in [0.717, 1.165) is 0 Å². The van der Waals surface area contributed by atoms with Crippen LogP contribution in [-0.2, 0) is 9.59 Å². The fraction of sp³-hybridized carbons (Fsp3) is 0.818. The van der Waals surface area contributed by atoms with Gasteiger partial charge in [0.25, 0.3) is 0 Å². The first-order chi connectivity index (χ1) is 7.31. The van der Waals surface area contributed by atoms with E-state index in [1.807, 2.05) is 13.8 Å². The number of nitrogens with zero attached hydrogens (tertiary/aromatic N) is 1. The zero-order chi connectivity index (χ0) is 12.9. The molecule has 2 N–H and O–H groups in total. The predicted octanol–water partition coefficient (Wildman–Crippen LogP) is 1.28. The van der Waals surface area contributed by atoms with Gasteiger partial charge in [-0.2, -0.15) is 0 Å². The number of carboxylic acids is 2. The first-order valence-corrected chi connectivity index (χ1v) is 5.52. The van der Waals surface area contributed by atoms with Crippen LogP contribution in [0.25, 0.3) is 0 Å². The molecule has 0 heterocycles. The zero-order valence-electron chi connectivity index (χ0n) is 10.3. The molecule has 5 heteroatoms. The average Bonchev–Trinajstić information content (AvgIpc) is 2.16. The second kappa shape index (κ2) is 6.48. The number of carbonyl (C=O) groups is 2. The summed E-state index contributed by atoms with van der Waals surface area (Å²) < 4.78 is 0. The van der Waals surface area contributed by atoms with Crippen LogP contribution in [0.3, 0.4) is 0 Å². The number of aliphatic carboxylic acids is 2. The lowest BCUT2D eigenvalue weighted by atomic mass is 10.1. The molecule has 0 radical (unpaired) electrons. The molecule has 0 fully saturated rings. The fourth-order valence-electron chi connectivity index (χ4n) is 1.64. The van der Waals surface area contributed by atoms with Crippen LogP contribution >= 0.6 is 0 Å². The third kappa shape index (κ3) is 4.18. The molecule has 0 rings (SSSR count). The standard InChI is InChI=1S/C11H21NO4/c1-5-9(11(15)16)12(7(2)3)6-8(4)10(13)14/h7-9H,5-6H2,1-4H3,(H,13,14)(H,15,16). The quantitative estimate of drug-likeness (QED) is 0.690. The van der Waals surface area contributed by atoms with E-state index in [0.29, 0.717) is 6.42 Å². The van der Waals surface area contributed by atoms with Crippen LogP contribution in [-0.4, -0.2) is 45.7 Å². The molecule has 0 amide bonds. The average molecular weight is 231 g/mol. The van der Waals surface area contributed by atoms with E-state index >= 15 is 0 Å². The summed E-state index contributed by atoms with van der Waals surface area (Å²) in [6.45, 7) is 7.39. The summed E-state index contributed by atoms with van der Waals surface area (Å²) in [6, 6.07) is -0.593. The number of rotatable bonds is 7. The number of hydrogen-bond donors (Lipinski definition) is 2. The number of hydrogen-bond acceptors (Lipinski definition) is 3. The maximum Gasteiger partial charge on any atom is 0.320 e. The second-order valence-electron chi connectivity index (χ2n) is 4.29. The Bertz CT molecular complexity index is 252. The Morgan fingerprint density at radius 1 is 1.12 bits per heavy atom. The molecule has 16 heavy (non-hydrogen) atoms. The topological polar surface area (TPSA) is 77.8 Å². The molecular weight excluding hydrogens is 210 g/mol. The van der Waals surface area contributed by atoms with Gasteiger partial charge in [0.05, 0.1) is 5.92 Å². The highest BCUT2D eigenvalue weighted by Crippen LogP contribution is 2.13. The predicted molar refractivity (Wildman–Crippen MR) is 60.4 cm³/mol. The molecule has 0 aliphatic heterocycles. The van der Waals surface area contributed by atoms with Crippen LogP contribution in [0.4, 0.5) is 0 Å². The summed E-state index contributed by atoms with van der Waals surface area (Å²) in [4.78, 5) is 23.5. The van der Waals surface area contributed by atoms with Crippen molar-refractivity contribution in [2.45, 2.75) is 46.2 Å². The van der Waals surface area contributed by atoms with Crippen molar-refractivity contribution >= 4 is 11.9 Å². The van der Waals surface area contributed by atoms with E-state index in [1.54, 1.807) is 18.7 Å². The lowest BCUT2D eigenvalue weighted by Crippen LogP contribution is -2.47. The fourth-order valence-corrected chi connectivity index (χ4v) is 1.64. The molecule has 0 aromatic rings. The Morgan fingerprint density at radius 2 is 1.62 bits per heavy atom. The maximum absolute atomic E-state index is 11.0. The van der Waals surface area contributed by atoms with Crippen LogP contribution in [0.5, 0.6) is 0 Å². The third-order valence-electron chi connectivity index (χ3n) is 2.64. The van der Waals surface area contributed by atoms with Gasteiger partial charge >= 0.3 is 11.9 Å². The normalized spacial score (nSPS) is 15.1. The minimum atomic E-state index is -0.897. The first kappa shape index (κ1) is 14.9. The van der Waals surface area contributed by atoms with E-state index < -0.39 is 23.9 Å². The van der Waals surface area contributed by atoms with Gasteiger partial charge in [-0.25, -0.2) is 0 Å². The van der Waals surface area contributed by atoms with Gasteiger partial charge in [0.1, 0.15) is 6.04 Å². The Kier molecular flexibility index (Phi) is 6.03. The smallest absolute Gasteiger partial charge is 0.320 e. The zero-order valence-corrected chi connectivity index (χ0v) is 10.3. The van der Waals surface area contributed by atoms with E-state index in [-0.39, 0.29) is 12.6 Å². The minimum absolute atomic E-state index is 0.0165. The highest BCUT2D eigenvalue weighted by molar-refractivity contribution is 5.74. The highest BCUT2D eigenvalue weighted by Gasteiger charge is 2.28. The summed E-state index contributed by atoms with van der Waals surface area (Å²) in [7, 11) is 0. The summed E-state index contributed by atoms with van der Waals surface area (Å²) >= 11 is 0. The molecule has 0 saturated heterocycles. The largest absolute Gasteiger partial charge is 0.481 e. The lowest BCUT2D eigenvalue weighted by molar-refractivity contribution is -0.148. The summed E-state index contributed by atoms with van der Waals surface area (Å²) in [5.41, 5.74) is 0. The third-order valence-corrected chi connectivity index (χ3v) is 2.64. The van der Waals surface area contributed by atoms with Crippen molar-refractivity contribution < 1.29 is 19.8 Å². The van der Waals surface area contributed by atoms with Crippen molar-refractivity contribution in [3.8, 4) is 0 Å². The SMILES string of the molecule is CCC(C(=O)O)N(CC(C)C(=O)O)C(C)C. The maximum atomic E-state index is 11.0. The van der Waals surface area contributed by atoms with Crippen molar-refractivity contribution in [1.82, 2.24) is 4.90 Å². The van der Waals surface area contributed by atoms with Crippen LogP contribution in [0, 0.1) is 5.92 Å². The Labute approximate surface area is 96.1 Å². The van der Waals surface area contributed by atoms with Crippen molar-refractivity contribution in [1.29, 1.82) is 0 Å². The van der Waals surface area contributed by atoms with Gasteiger partial charge in [-0.1, -0.05) is 13.8 Å². The molecule has 0 saturated carbocycles. The van der Waals surface area contributed by atoms with E-state index in [9.17, 15) is 9.59 Å². The van der Waals surface area contributed by atoms with Gasteiger partial charge in [0.15, 0.2) is 0 Å². The molecule has 2 atom stereocenters. The van der Waals surface area contributed by atoms with Crippen LogP contribution in [0.1, 0.15) is 34.1 Å². The summed E-state index contributed by atoms with van der Waals surface area (Å²) in [5, 5.41) is 17.9. The van der Waals surface area contributed by atoms with Gasteiger partial charge < -0.3 is 10.2 Å². The van der Waals surface area contributed by atoms with Crippen LogP contribution in [0.2, 0.25) is 0 Å². The van der Waals surface area contributed by atoms with Gasteiger partial charge in [0, 0.05) is 12.6 Å². The Morgan fingerprint density at radius 3 is 1.88 bits per heavy atom. The van der Waals surface area contributed by atoms with Crippen molar-refractivity contribution in [3.63, 3.8) is 0 Å². The van der Waals surface area contributed by atoms with Gasteiger partial charge in [-0.15, -0.1) is 0 Å². The minimum Gasteiger partial charge on any atom is -0.481 e. The van der Waals surface area contributed by atoms with Crippen LogP contribution < -0.4 is 0 Å². The Balaban J connectivity index is 4.72. The van der Waals surface area contributed by atoms with E-state index in [1.165, 1.54) is 0 Å². The molecule has 0 bridgehead atoms. The van der Waals surface area contributed by atoms with Crippen LogP contribution in [0.15, 0.2) is 0 Å². The monoisotopic (exact) mass is 231 g/mol. The molecule has 5 nitrogen and oxygen atoms in total. The van der Waals surface area contributed by atoms with Gasteiger partial charge in [-0.3, -0.25) is 14.5 Å². The second-order valence-corrected chi connectivity index (χ2v) is 4.29.